The first-order valence-corrected chi connectivity index (χ1v) is 12.4. The third-order valence-corrected chi connectivity index (χ3v) is 8.41. The van der Waals surface area contributed by atoms with Crippen LogP contribution in [0.15, 0.2) is 0 Å². The summed E-state index contributed by atoms with van der Waals surface area (Å²) in [5, 5.41) is 0. The van der Waals surface area contributed by atoms with Crippen molar-refractivity contribution in [3.63, 3.8) is 0 Å². The normalized spacial score (nSPS) is 17.0. The van der Waals surface area contributed by atoms with Gasteiger partial charge in [0.15, 0.2) is 0 Å². The van der Waals surface area contributed by atoms with E-state index in [1.165, 1.54) is 11.8 Å². The van der Waals surface area contributed by atoms with Gasteiger partial charge in [-0.15, -0.1) is 0 Å². The highest BCUT2D eigenvalue weighted by Gasteiger charge is 2.28. The first-order valence-electron chi connectivity index (χ1n) is 6.96. The summed E-state index contributed by atoms with van der Waals surface area (Å²) in [6.45, 7) is 3.94. The minimum atomic E-state index is -3.28. The van der Waals surface area contributed by atoms with Crippen molar-refractivity contribution in [2.45, 2.75) is 20.3 Å². The van der Waals surface area contributed by atoms with Gasteiger partial charge in [-0.1, -0.05) is 0 Å². The van der Waals surface area contributed by atoms with Gasteiger partial charge in [-0.25, -0.2) is 0 Å². The first-order chi connectivity index (χ1) is 9.78. The Hall–Kier alpha value is 0.200. The molecule has 0 aromatic rings. The van der Waals surface area contributed by atoms with E-state index in [4.69, 9.17) is 9.26 Å². The lowest BCUT2D eigenvalue weighted by Crippen LogP contribution is -2.11. The van der Waals surface area contributed by atoms with Crippen molar-refractivity contribution >= 4 is 32.5 Å². The Bertz CT molecular complexity index is 401. The lowest BCUT2D eigenvalue weighted by Gasteiger charge is -2.19. The van der Waals surface area contributed by atoms with Gasteiger partial charge in [0.1, 0.15) is 0 Å². The van der Waals surface area contributed by atoms with Gasteiger partial charge in [0.05, 0.1) is 19.6 Å². The minimum absolute atomic E-state index is 0.00561. The third kappa shape index (κ3) is 10.5. The Balaban J connectivity index is 4.48. The fourth-order valence-corrected chi connectivity index (χ4v) is 7.66. The van der Waals surface area contributed by atoms with Crippen LogP contribution in [0.1, 0.15) is 20.3 Å². The molecule has 0 amide bonds. The van der Waals surface area contributed by atoms with Crippen LogP contribution in [0.4, 0.5) is 0 Å². The van der Waals surface area contributed by atoms with E-state index in [9.17, 15) is 18.8 Å². The molecule has 2 unspecified atom stereocenters. The van der Waals surface area contributed by atoms with Gasteiger partial charge in [0, 0.05) is 30.4 Å². The van der Waals surface area contributed by atoms with Gasteiger partial charge in [-0.2, -0.15) is 11.8 Å². The molecule has 0 heterocycles. The highest BCUT2D eigenvalue weighted by Crippen LogP contribution is 2.52. The lowest BCUT2D eigenvalue weighted by molar-refractivity contribution is -0.142. The average Bonchev–Trinajstić information content (AvgIpc) is 2.42. The molecule has 1 N–H and O–H groups in total. The Morgan fingerprint density at radius 1 is 1.10 bits per heavy atom. The summed E-state index contributed by atoms with van der Waals surface area (Å²) in [6.07, 6.45) is 2.13. The van der Waals surface area contributed by atoms with Gasteiger partial charge in [-0.05, 0) is 20.1 Å². The SMILES string of the molecule is CCOC(=O)CCP(=O)(CCP(=O)(O)CCSC)OCC. The van der Waals surface area contributed by atoms with Crippen LogP contribution in [0.5, 0.6) is 0 Å². The van der Waals surface area contributed by atoms with Crippen molar-refractivity contribution in [1.29, 1.82) is 0 Å². The number of ether oxygens (including phenoxy) is 1. The molecule has 0 aromatic carbocycles. The fourth-order valence-electron chi connectivity index (χ4n) is 1.63. The third-order valence-electron chi connectivity index (χ3n) is 2.76. The molecule has 0 saturated carbocycles. The number of esters is 1. The van der Waals surface area contributed by atoms with E-state index in [1.807, 2.05) is 6.26 Å². The molecule has 21 heavy (non-hydrogen) atoms. The predicted molar refractivity (Wildman–Crippen MR) is 88.2 cm³/mol. The van der Waals surface area contributed by atoms with E-state index in [2.05, 4.69) is 0 Å². The zero-order valence-corrected chi connectivity index (χ0v) is 15.6. The molecule has 0 bridgehead atoms. The maximum atomic E-state index is 12.6. The molecule has 0 aliphatic rings. The zero-order chi connectivity index (χ0) is 16.4. The Kier molecular flexibility index (Phi) is 11.0. The molecule has 6 nitrogen and oxygen atoms in total. The summed E-state index contributed by atoms with van der Waals surface area (Å²) in [4.78, 5) is 21.1. The minimum Gasteiger partial charge on any atom is -0.466 e. The molecular weight excluding hydrogens is 334 g/mol. The average molecular weight is 360 g/mol. The molecule has 0 saturated heterocycles. The molecule has 0 fully saturated rings. The molecule has 2 atom stereocenters. The van der Waals surface area contributed by atoms with Gasteiger partial charge in [0.25, 0.3) is 0 Å². The monoisotopic (exact) mass is 360 g/mol. The molecule has 0 rings (SSSR count). The van der Waals surface area contributed by atoms with Crippen molar-refractivity contribution in [1.82, 2.24) is 0 Å². The maximum Gasteiger partial charge on any atom is 0.306 e. The molecular formula is C12H26O6P2S. The number of carbonyl (C=O) groups excluding carboxylic acids is 1. The van der Waals surface area contributed by atoms with E-state index in [0.717, 1.165) is 0 Å². The maximum absolute atomic E-state index is 12.6. The van der Waals surface area contributed by atoms with Crippen molar-refractivity contribution < 1.29 is 28.1 Å². The van der Waals surface area contributed by atoms with E-state index < -0.39 is 20.7 Å². The van der Waals surface area contributed by atoms with Crippen LogP contribution in [0.3, 0.4) is 0 Å². The molecule has 0 aliphatic heterocycles. The van der Waals surface area contributed by atoms with Gasteiger partial charge < -0.3 is 14.2 Å². The van der Waals surface area contributed by atoms with Crippen molar-refractivity contribution in [3.8, 4) is 0 Å². The summed E-state index contributed by atoms with van der Waals surface area (Å²) in [7, 11) is -6.34. The van der Waals surface area contributed by atoms with Crippen LogP contribution < -0.4 is 0 Å². The Morgan fingerprint density at radius 3 is 2.29 bits per heavy atom. The summed E-state index contributed by atoms with van der Waals surface area (Å²) in [5.74, 6) is 0.169. The lowest BCUT2D eigenvalue weighted by atomic mass is 10.5. The molecule has 0 aromatic heterocycles. The highest BCUT2D eigenvalue weighted by atomic mass is 32.2. The number of hydrogen-bond donors (Lipinski definition) is 1. The smallest absolute Gasteiger partial charge is 0.306 e. The molecule has 9 heteroatoms. The molecule has 0 aliphatic carbocycles. The van der Waals surface area contributed by atoms with Gasteiger partial charge in [0.2, 0.25) is 14.7 Å². The van der Waals surface area contributed by atoms with Crippen LogP contribution in [0, 0.1) is 0 Å². The van der Waals surface area contributed by atoms with Crippen molar-refractivity contribution in [2.75, 3.05) is 49.9 Å². The summed E-state index contributed by atoms with van der Waals surface area (Å²) in [6, 6.07) is 0. The largest absolute Gasteiger partial charge is 0.466 e. The Morgan fingerprint density at radius 2 is 1.76 bits per heavy atom. The molecule has 126 valence electrons. The number of rotatable bonds is 12. The number of hydrogen-bond acceptors (Lipinski definition) is 6. The van der Waals surface area contributed by atoms with Crippen LogP contribution >= 0.6 is 26.5 Å². The summed E-state index contributed by atoms with van der Waals surface area (Å²) < 4.78 is 34.6. The summed E-state index contributed by atoms with van der Waals surface area (Å²) >= 11 is 1.50. The second-order valence-electron chi connectivity index (χ2n) is 4.52. The predicted octanol–water partition coefficient (Wildman–Crippen LogP) is 2.89. The zero-order valence-electron chi connectivity index (χ0n) is 12.9. The van der Waals surface area contributed by atoms with E-state index in [1.54, 1.807) is 13.8 Å². The standard InChI is InChI=1S/C12H26O6P2S/c1-4-17-12(13)6-7-20(16,18-5-2)9-8-19(14,15)10-11-21-3/h4-11H2,1-3H3,(H,14,15). The van der Waals surface area contributed by atoms with Gasteiger partial charge >= 0.3 is 5.97 Å². The van der Waals surface area contributed by atoms with E-state index >= 15 is 0 Å². The van der Waals surface area contributed by atoms with Crippen LogP contribution in [0.25, 0.3) is 0 Å². The number of carbonyl (C=O) groups is 1. The van der Waals surface area contributed by atoms with E-state index in [0.29, 0.717) is 5.75 Å². The Labute approximate surface area is 131 Å². The van der Waals surface area contributed by atoms with Gasteiger partial charge in [-0.3, -0.25) is 13.9 Å². The van der Waals surface area contributed by atoms with Crippen molar-refractivity contribution in [3.05, 3.63) is 0 Å². The van der Waals surface area contributed by atoms with Crippen LogP contribution in [0.2, 0.25) is 0 Å². The molecule has 0 radical (unpaired) electrons. The highest BCUT2D eigenvalue weighted by molar-refractivity contribution is 7.98. The topological polar surface area (TPSA) is 89.9 Å². The quantitative estimate of drug-likeness (QED) is 0.423. The second-order valence-corrected chi connectivity index (χ2v) is 10.9. The summed E-state index contributed by atoms with van der Waals surface area (Å²) in [5.41, 5.74) is 0. The van der Waals surface area contributed by atoms with Crippen LogP contribution in [-0.4, -0.2) is 60.7 Å². The van der Waals surface area contributed by atoms with Crippen LogP contribution in [-0.2, 0) is 23.2 Å². The first kappa shape index (κ1) is 21.2. The molecule has 0 spiro atoms. The number of thioether (sulfide) groups is 1. The fraction of sp³-hybridized carbons (Fsp3) is 0.917. The second kappa shape index (κ2) is 10.8. The van der Waals surface area contributed by atoms with E-state index in [-0.39, 0.29) is 44.3 Å². The van der Waals surface area contributed by atoms with Crippen molar-refractivity contribution in [2.24, 2.45) is 0 Å².